The molecule has 1 saturated carbocycles. The standard InChI is InChI=1S/C17H19N3O2S/c1-3-10-18-15(21)11(2)23-17-19-14-7-5-4-6-13(14)16(22)20(17)12-8-9-12/h3-7,11-12H,1,8-10H2,2H3,(H,18,21)/t11-/m1/s1. The monoisotopic (exact) mass is 329 g/mol. The van der Waals surface area contributed by atoms with Crippen LogP contribution in [0.2, 0.25) is 0 Å². The van der Waals surface area contributed by atoms with Crippen molar-refractivity contribution in [1.29, 1.82) is 0 Å². The lowest BCUT2D eigenvalue weighted by molar-refractivity contribution is -0.120. The van der Waals surface area contributed by atoms with E-state index in [-0.39, 0.29) is 22.8 Å². The Morgan fingerprint density at radius 3 is 2.96 bits per heavy atom. The molecular formula is C17H19N3O2S. The molecule has 0 saturated heterocycles. The van der Waals surface area contributed by atoms with E-state index in [0.29, 0.717) is 22.6 Å². The summed E-state index contributed by atoms with van der Waals surface area (Å²) < 4.78 is 1.75. The lowest BCUT2D eigenvalue weighted by Gasteiger charge is -2.15. The van der Waals surface area contributed by atoms with Crippen LogP contribution in [0.25, 0.3) is 10.9 Å². The normalized spacial score (nSPS) is 15.3. The van der Waals surface area contributed by atoms with Crippen molar-refractivity contribution >= 4 is 28.6 Å². The quantitative estimate of drug-likeness (QED) is 0.502. The summed E-state index contributed by atoms with van der Waals surface area (Å²) in [5.74, 6) is -0.0837. The Bertz CT molecular complexity index is 811. The highest BCUT2D eigenvalue weighted by Gasteiger charge is 2.29. The van der Waals surface area contributed by atoms with Gasteiger partial charge in [0.1, 0.15) is 0 Å². The molecule has 1 amide bonds. The van der Waals surface area contributed by atoms with Gasteiger partial charge in [-0.05, 0) is 31.9 Å². The number of aromatic nitrogens is 2. The lowest BCUT2D eigenvalue weighted by atomic mass is 10.2. The van der Waals surface area contributed by atoms with Gasteiger partial charge in [0.05, 0.1) is 16.2 Å². The summed E-state index contributed by atoms with van der Waals surface area (Å²) in [6.45, 7) is 5.84. The molecule has 120 valence electrons. The largest absolute Gasteiger partial charge is 0.352 e. The zero-order valence-corrected chi connectivity index (χ0v) is 13.8. The molecule has 2 aromatic rings. The van der Waals surface area contributed by atoms with E-state index in [1.807, 2.05) is 25.1 Å². The fraction of sp³-hybridized carbons (Fsp3) is 0.353. The van der Waals surface area contributed by atoms with Crippen molar-refractivity contribution in [1.82, 2.24) is 14.9 Å². The van der Waals surface area contributed by atoms with Crippen molar-refractivity contribution in [2.24, 2.45) is 0 Å². The van der Waals surface area contributed by atoms with Gasteiger partial charge in [0.25, 0.3) is 5.56 Å². The fourth-order valence-electron chi connectivity index (χ4n) is 2.39. The fourth-order valence-corrected chi connectivity index (χ4v) is 3.39. The molecule has 0 spiro atoms. The van der Waals surface area contributed by atoms with Gasteiger partial charge in [-0.1, -0.05) is 30.0 Å². The van der Waals surface area contributed by atoms with Crippen molar-refractivity contribution in [3.63, 3.8) is 0 Å². The number of thioether (sulfide) groups is 1. The van der Waals surface area contributed by atoms with Crippen molar-refractivity contribution in [2.75, 3.05) is 6.54 Å². The Balaban J connectivity index is 1.96. The highest BCUT2D eigenvalue weighted by molar-refractivity contribution is 8.00. The van der Waals surface area contributed by atoms with Crippen LogP contribution in [0.5, 0.6) is 0 Å². The van der Waals surface area contributed by atoms with Gasteiger partial charge in [-0.3, -0.25) is 14.2 Å². The molecule has 1 aliphatic carbocycles. The number of hydrogen-bond acceptors (Lipinski definition) is 4. The summed E-state index contributed by atoms with van der Waals surface area (Å²) in [7, 11) is 0. The molecule has 3 rings (SSSR count). The maximum atomic E-state index is 12.7. The van der Waals surface area contributed by atoms with E-state index in [1.54, 1.807) is 16.7 Å². The number of amides is 1. The predicted octanol–water partition coefficient (Wildman–Crippen LogP) is 2.51. The molecule has 1 aromatic heterocycles. The third kappa shape index (κ3) is 3.32. The summed E-state index contributed by atoms with van der Waals surface area (Å²) in [6, 6.07) is 7.57. The van der Waals surface area contributed by atoms with Crippen molar-refractivity contribution in [3.8, 4) is 0 Å². The Morgan fingerprint density at radius 1 is 1.52 bits per heavy atom. The van der Waals surface area contributed by atoms with Crippen LogP contribution in [0.4, 0.5) is 0 Å². The van der Waals surface area contributed by atoms with Crippen LogP contribution in [0, 0.1) is 0 Å². The number of nitrogens with one attached hydrogen (secondary N) is 1. The van der Waals surface area contributed by atoms with Crippen LogP contribution < -0.4 is 10.9 Å². The van der Waals surface area contributed by atoms with E-state index in [2.05, 4.69) is 16.9 Å². The summed E-state index contributed by atoms with van der Waals surface area (Å²) in [6.07, 6.45) is 3.62. The molecule has 1 N–H and O–H groups in total. The Morgan fingerprint density at radius 2 is 2.26 bits per heavy atom. The van der Waals surface area contributed by atoms with Gasteiger partial charge in [0.2, 0.25) is 5.91 Å². The minimum Gasteiger partial charge on any atom is -0.352 e. The number of para-hydroxylation sites is 1. The third-order valence-electron chi connectivity index (χ3n) is 3.76. The molecule has 0 aliphatic heterocycles. The van der Waals surface area contributed by atoms with E-state index < -0.39 is 0 Å². The summed E-state index contributed by atoms with van der Waals surface area (Å²) in [4.78, 5) is 29.4. The van der Waals surface area contributed by atoms with Crippen LogP contribution in [0.15, 0.2) is 46.9 Å². The van der Waals surface area contributed by atoms with Crippen LogP contribution in [0.1, 0.15) is 25.8 Å². The molecule has 0 radical (unpaired) electrons. The molecular weight excluding hydrogens is 310 g/mol. The number of carbonyl (C=O) groups excluding carboxylic acids is 1. The maximum Gasteiger partial charge on any atom is 0.262 e. The summed E-state index contributed by atoms with van der Waals surface area (Å²) in [5, 5.41) is 3.70. The zero-order valence-electron chi connectivity index (χ0n) is 13.0. The minimum atomic E-state index is -0.326. The lowest BCUT2D eigenvalue weighted by Crippen LogP contribution is -2.32. The first-order valence-corrected chi connectivity index (χ1v) is 8.56. The highest BCUT2D eigenvalue weighted by atomic mass is 32.2. The minimum absolute atomic E-state index is 0.0145. The molecule has 0 bridgehead atoms. The number of fused-ring (bicyclic) bond motifs is 1. The highest BCUT2D eigenvalue weighted by Crippen LogP contribution is 2.37. The maximum absolute atomic E-state index is 12.7. The predicted molar refractivity (Wildman–Crippen MR) is 92.8 cm³/mol. The van der Waals surface area contributed by atoms with Gasteiger partial charge < -0.3 is 5.32 Å². The summed E-state index contributed by atoms with van der Waals surface area (Å²) in [5.41, 5.74) is 0.662. The van der Waals surface area contributed by atoms with Gasteiger partial charge in [0, 0.05) is 12.6 Å². The second kappa shape index (κ2) is 6.58. The number of carbonyl (C=O) groups is 1. The van der Waals surface area contributed by atoms with Crippen LogP contribution in [0.3, 0.4) is 0 Å². The molecule has 1 atom stereocenters. The molecule has 1 heterocycles. The first-order chi connectivity index (χ1) is 11.1. The van der Waals surface area contributed by atoms with Crippen molar-refractivity contribution in [2.45, 2.75) is 36.2 Å². The summed E-state index contributed by atoms with van der Waals surface area (Å²) >= 11 is 1.33. The van der Waals surface area contributed by atoms with Gasteiger partial charge >= 0.3 is 0 Å². The van der Waals surface area contributed by atoms with Crippen LogP contribution in [-0.2, 0) is 4.79 Å². The van der Waals surface area contributed by atoms with Crippen molar-refractivity contribution < 1.29 is 4.79 Å². The first-order valence-electron chi connectivity index (χ1n) is 7.68. The average Bonchev–Trinajstić information content (AvgIpc) is 3.37. The molecule has 0 unspecified atom stereocenters. The van der Waals surface area contributed by atoms with Crippen molar-refractivity contribution in [3.05, 3.63) is 47.3 Å². The molecule has 1 aromatic carbocycles. The topological polar surface area (TPSA) is 64.0 Å². The van der Waals surface area contributed by atoms with Gasteiger partial charge in [-0.2, -0.15) is 0 Å². The number of hydrogen-bond donors (Lipinski definition) is 1. The van der Waals surface area contributed by atoms with Gasteiger partial charge in [0.15, 0.2) is 5.16 Å². The van der Waals surface area contributed by atoms with Gasteiger partial charge in [-0.15, -0.1) is 6.58 Å². The average molecular weight is 329 g/mol. The Kier molecular flexibility index (Phi) is 4.52. The SMILES string of the molecule is C=CCNC(=O)[C@@H](C)Sc1nc2ccccc2c(=O)n1C1CC1. The second-order valence-corrected chi connectivity index (χ2v) is 6.92. The number of rotatable bonds is 6. The zero-order chi connectivity index (χ0) is 16.4. The Hall–Kier alpha value is -2.08. The molecule has 1 aliphatic rings. The van der Waals surface area contributed by atoms with Crippen LogP contribution in [-0.4, -0.2) is 27.3 Å². The third-order valence-corrected chi connectivity index (χ3v) is 4.83. The van der Waals surface area contributed by atoms with Crippen LogP contribution >= 0.6 is 11.8 Å². The molecule has 1 fully saturated rings. The van der Waals surface area contributed by atoms with E-state index in [0.717, 1.165) is 12.8 Å². The molecule has 23 heavy (non-hydrogen) atoms. The molecule has 5 nitrogen and oxygen atoms in total. The van der Waals surface area contributed by atoms with E-state index in [1.165, 1.54) is 11.8 Å². The smallest absolute Gasteiger partial charge is 0.262 e. The van der Waals surface area contributed by atoms with Gasteiger partial charge in [-0.25, -0.2) is 4.98 Å². The van der Waals surface area contributed by atoms with E-state index in [4.69, 9.17) is 0 Å². The van der Waals surface area contributed by atoms with E-state index >= 15 is 0 Å². The Labute approximate surface area is 138 Å². The first kappa shape index (κ1) is 15.8. The number of nitrogens with zero attached hydrogens (tertiary/aromatic N) is 2. The number of benzene rings is 1. The second-order valence-electron chi connectivity index (χ2n) is 5.61. The van der Waals surface area contributed by atoms with E-state index in [9.17, 15) is 9.59 Å². The molecule has 6 heteroatoms.